The molecule has 0 atom stereocenters. The van der Waals surface area contributed by atoms with Crippen LogP contribution in [0, 0.1) is 13.8 Å². The smallest absolute Gasteiger partial charge is 0.103 e. The van der Waals surface area contributed by atoms with Crippen LogP contribution in [0.3, 0.4) is 0 Å². The number of nitrogens with zero attached hydrogens (tertiary/aromatic N) is 4. The highest BCUT2D eigenvalue weighted by Crippen LogP contribution is 2.20. The molecule has 3 heterocycles. The van der Waals surface area contributed by atoms with Gasteiger partial charge >= 0.3 is 0 Å². The highest BCUT2D eigenvalue weighted by Gasteiger charge is 2.21. The zero-order valence-corrected chi connectivity index (χ0v) is 18.4. The van der Waals surface area contributed by atoms with Crippen LogP contribution in [0.15, 0.2) is 0 Å². The van der Waals surface area contributed by atoms with Crippen LogP contribution in [-0.4, -0.2) is 75.7 Å². The molecule has 0 amide bonds. The number of rotatable bonds is 4. The number of aromatic nitrogens is 4. The van der Waals surface area contributed by atoms with Crippen LogP contribution in [0.4, 0.5) is 0 Å². The van der Waals surface area contributed by atoms with Crippen molar-refractivity contribution in [3.63, 3.8) is 0 Å². The summed E-state index contributed by atoms with van der Waals surface area (Å²) < 4.78 is 0. The summed E-state index contributed by atoms with van der Waals surface area (Å²) in [6, 6.07) is 0. The summed E-state index contributed by atoms with van der Waals surface area (Å²) in [7, 11) is 0. The van der Waals surface area contributed by atoms with E-state index in [9.17, 15) is 0 Å². The molecule has 0 aromatic carbocycles. The number of nitrogens with one attached hydrogen (secondary N) is 2. The van der Waals surface area contributed by atoms with Crippen molar-refractivity contribution in [1.29, 1.82) is 0 Å². The fourth-order valence-corrected chi connectivity index (χ4v) is 3.63. The van der Waals surface area contributed by atoms with Crippen molar-refractivity contribution >= 4 is 0 Å². The number of imidazole rings is 2. The quantitative estimate of drug-likeness (QED) is 0.545. The molecule has 0 bridgehead atoms. The molecule has 2 aromatic heterocycles. The van der Waals surface area contributed by atoms with Crippen molar-refractivity contribution in [2.75, 3.05) is 13.1 Å². The average Bonchev–Trinajstić information content (AvgIpc) is 3.02. The maximum Gasteiger partial charge on any atom is 0.103 e. The minimum absolute atomic E-state index is 0. The van der Waals surface area contributed by atoms with Crippen molar-refractivity contribution in [1.82, 2.24) is 29.7 Å². The highest BCUT2D eigenvalue weighted by molar-refractivity contribution is 5.19. The van der Waals surface area contributed by atoms with E-state index in [1.165, 1.54) is 22.8 Å². The zero-order valence-electron chi connectivity index (χ0n) is 18.4. The van der Waals surface area contributed by atoms with Gasteiger partial charge in [-0.1, -0.05) is 13.8 Å². The predicted octanol–water partition coefficient (Wildman–Crippen LogP) is -2.06. The van der Waals surface area contributed by atoms with Gasteiger partial charge in [0.1, 0.15) is 11.6 Å². The first-order valence-electron chi connectivity index (χ1n) is 9.12. The number of aryl methyl sites for hydroxylation is 2. The van der Waals surface area contributed by atoms with E-state index in [-0.39, 0.29) is 32.9 Å². The number of hydrogen-bond donors (Lipinski definition) is 2. The Morgan fingerprint density at radius 1 is 0.633 bits per heavy atom. The van der Waals surface area contributed by atoms with E-state index in [0.29, 0.717) is 0 Å². The first kappa shape index (κ1) is 35.5. The standard InChI is InChI=1S/C18H30N6.6H2O/c1-5-7-23-9-15-17(21-13(3)19-15)11-24(8-6-2)12-18-16(10-23)20-14(4)22-18;;;;;;/h5-12H2,1-4H3,(H,19,21)(H,20,22);6*1H2. The first-order chi connectivity index (χ1) is 11.6. The van der Waals surface area contributed by atoms with Gasteiger partial charge < -0.3 is 42.8 Å². The highest BCUT2D eigenvalue weighted by atomic mass is 16.0. The average molecular weight is 439 g/mol. The Hall–Kier alpha value is -1.90. The molecule has 0 saturated carbocycles. The molecule has 0 radical (unpaired) electrons. The van der Waals surface area contributed by atoms with Crippen molar-refractivity contribution in [3.05, 3.63) is 34.4 Å². The van der Waals surface area contributed by atoms with Gasteiger partial charge in [0.15, 0.2) is 0 Å². The third kappa shape index (κ3) is 8.45. The first-order valence-corrected chi connectivity index (χ1v) is 9.12. The molecule has 0 saturated heterocycles. The third-order valence-corrected chi connectivity index (χ3v) is 4.56. The Kier molecular flexibility index (Phi) is 18.8. The lowest BCUT2D eigenvalue weighted by Crippen LogP contribution is -2.30. The summed E-state index contributed by atoms with van der Waals surface area (Å²) >= 11 is 0. The Morgan fingerprint density at radius 3 is 1.30 bits per heavy atom. The van der Waals surface area contributed by atoms with Crippen molar-refractivity contribution in [2.24, 2.45) is 0 Å². The van der Waals surface area contributed by atoms with Gasteiger partial charge in [0.05, 0.1) is 22.8 Å². The van der Waals surface area contributed by atoms with Gasteiger partial charge in [-0.15, -0.1) is 0 Å². The second kappa shape index (κ2) is 15.9. The summed E-state index contributed by atoms with van der Waals surface area (Å²) in [5.74, 6) is 2.03. The molecule has 1 aliphatic rings. The van der Waals surface area contributed by atoms with E-state index in [2.05, 4.69) is 47.5 Å². The van der Waals surface area contributed by atoms with E-state index in [4.69, 9.17) is 9.97 Å². The molecule has 1 aliphatic heterocycles. The van der Waals surface area contributed by atoms with Crippen LogP contribution in [0.5, 0.6) is 0 Å². The fourth-order valence-electron chi connectivity index (χ4n) is 3.63. The van der Waals surface area contributed by atoms with Gasteiger partial charge in [-0.05, 0) is 39.8 Å². The second-order valence-electron chi connectivity index (χ2n) is 6.92. The maximum absolute atomic E-state index is 4.76. The van der Waals surface area contributed by atoms with Gasteiger partial charge in [-0.3, -0.25) is 9.80 Å². The molecule has 3 rings (SSSR count). The number of H-pyrrole nitrogens is 2. The normalized spacial score (nSPS) is 13.5. The molecule has 30 heavy (non-hydrogen) atoms. The second-order valence-corrected chi connectivity index (χ2v) is 6.92. The van der Waals surface area contributed by atoms with E-state index in [0.717, 1.165) is 63.8 Å². The van der Waals surface area contributed by atoms with Crippen LogP contribution in [0.1, 0.15) is 61.1 Å². The van der Waals surface area contributed by atoms with E-state index in [1.807, 2.05) is 0 Å². The summed E-state index contributed by atoms with van der Waals surface area (Å²) in [6.45, 7) is 14.3. The molecule has 2 aromatic rings. The fraction of sp³-hybridized carbons (Fsp3) is 0.667. The molecule has 180 valence electrons. The minimum atomic E-state index is 0. The molecule has 14 N–H and O–H groups in total. The Bertz CT molecular complexity index is 588. The Morgan fingerprint density at radius 2 is 0.967 bits per heavy atom. The van der Waals surface area contributed by atoms with Crippen molar-refractivity contribution in [2.45, 2.75) is 66.7 Å². The lowest BCUT2D eigenvalue weighted by Gasteiger charge is -2.26. The van der Waals surface area contributed by atoms with E-state index >= 15 is 0 Å². The largest absolute Gasteiger partial charge is 0.412 e. The van der Waals surface area contributed by atoms with Crippen LogP contribution in [0.25, 0.3) is 0 Å². The SMILES string of the molecule is CCCN1Cc2nc(C)[nH]c2CN(CCC)Cc2[nH]c(C)nc2C1.O.O.O.O.O.O. The summed E-state index contributed by atoms with van der Waals surface area (Å²) in [6.07, 6.45) is 2.28. The summed E-state index contributed by atoms with van der Waals surface area (Å²) in [5.41, 5.74) is 4.92. The lowest BCUT2D eigenvalue weighted by atomic mass is 10.2. The maximum atomic E-state index is 4.76. The van der Waals surface area contributed by atoms with Crippen LogP contribution in [-0.2, 0) is 26.2 Å². The topological polar surface area (TPSA) is 253 Å². The lowest BCUT2D eigenvalue weighted by molar-refractivity contribution is 0.224. The molecule has 0 spiro atoms. The minimum Gasteiger partial charge on any atom is -0.412 e. The van der Waals surface area contributed by atoms with Crippen molar-refractivity contribution in [3.8, 4) is 0 Å². The molecular formula is C18H42N6O6. The van der Waals surface area contributed by atoms with Crippen LogP contribution in [0.2, 0.25) is 0 Å². The number of hydrogen-bond acceptors (Lipinski definition) is 4. The van der Waals surface area contributed by atoms with Gasteiger partial charge in [-0.2, -0.15) is 0 Å². The summed E-state index contributed by atoms with van der Waals surface area (Å²) in [5, 5.41) is 0. The molecule has 12 heteroatoms. The molecule has 0 fully saturated rings. The van der Waals surface area contributed by atoms with E-state index in [1.54, 1.807) is 0 Å². The molecule has 0 aliphatic carbocycles. The number of aromatic amines is 2. The molecule has 12 nitrogen and oxygen atoms in total. The van der Waals surface area contributed by atoms with E-state index < -0.39 is 0 Å². The molecule has 0 unspecified atom stereocenters. The van der Waals surface area contributed by atoms with Crippen LogP contribution < -0.4 is 0 Å². The van der Waals surface area contributed by atoms with Gasteiger partial charge in [0.2, 0.25) is 0 Å². The van der Waals surface area contributed by atoms with Gasteiger partial charge in [0.25, 0.3) is 0 Å². The summed E-state index contributed by atoms with van der Waals surface area (Å²) in [4.78, 5) is 21.5. The Balaban J connectivity index is -0.000000563. The number of fused-ring (bicyclic) bond motifs is 2. The molecular weight excluding hydrogens is 396 g/mol. The van der Waals surface area contributed by atoms with Gasteiger partial charge in [-0.25, -0.2) is 9.97 Å². The third-order valence-electron chi connectivity index (χ3n) is 4.56. The zero-order chi connectivity index (χ0) is 17.1. The van der Waals surface area contributed by atoms with Gasteiger partial charge in [0, 0.05) is 26.2 Å². The monoisotopic (exact) mass is 438 g/mol. The Labute approximate surface area is 177 Å². The van der Waals surface area contributed by atoms with Crippen molar-refractivity contribution < 1.29 is 32.9 Å². The van der Waals surface area contributed by atoms with Crippen LogP contribution >= 0.6 is 0 Å². The predicted molar refractivity (Wildman–Crippen MR) is 117 cm³/mol.